The van der Waals surface area contributed by atoms with E-state index < -0.39 is 0 Å². The van der Waals surface area contributed by atoms with Crippen LogP contribution in [0.2, 0.25) is 0 Å². The van der Waals surface area contributed by atoms with Crippen molar-refractivity contribution in [1.29, 1.82) is 0 Å². The average molecular weight is 375 g/mol. The largest absolute Gasteiger partial charge is 0.299 e. The molecular formula is C25H39FO. The zero-order valence-corrected chi connectivity index (χ0v) is 17.4. The molecule has 0 amide bonds. The van der Waals surface area contributed by atoms with E-state index in [9.17, 15) is 9.18 Å². The molecule has 0 bridgehead atoms. The molecule has 1 aliphatic carbocycles. The number of benzene rings is 1. The third-order valence-electron chi connectivity index (χ3n) is 6.19. The van der Waals surface area contributed by atoms with Gasteiger partial charge < -0.3 is 0 Å². The number of carbonyl (C=O) groups is 1. The highest BCUT2D eigenvalue weighted by Crippen LogP contribution is 2.49. The molecule has 0 saturated heterocycles. The molecule has 0 radical (unpaired) electrons. The molecule has 1 saturated carbocycles. The van der Waals surface area contributed by atoms with Gasteiger partial charge in [0.15, 0.2) is 0 Å². The van der Waals surface area contributed by atoms with Gasteiger partial charge in [0.05, 0.1) is 5.41 Å². The fourth-order valence-corrected chi connectivity index (χ4v) is 4.17. The van der Waals surface area contributed by atoms with Crippen LogP contribution in [-0.4, -0.2) is 5.78 Å². The first-order valence-electron chi connectivity index (χ1n) is 11.5. The Hall–Kier alpha value is -1.18. The summed E-state index contributed by atoms with van der Waals surface area (Å²) in [6.45, 7) is 2.27. The van der Waals surface area contributed by atoms with Crippen LogP contribution >= 0.6 is 0 Å². The number of halogens is 1. The number of carbonyl (C=O) groups excluding carboxylic acids is 1. The molecule has 0 atom stereocenters. The third-order valence-corrected chi connectivity index (χ3v) is 6.19. The van der Waals surface area contributed by atoms with E-state index in [1.165, 1.54) is 89.2 Å². The summed E-state index contributed by atoms with van der Waals surface area (Å²) in [5, 5.41) is 0. The summed E-state index contributed by atoms with van der Waals surface area (Å²) < 4.78 is 13.1. The summed E-state index contributed by atoms with van der Waals surface area (Å²) in [6.07, 6.45) is 19.8. The first-order chi connectivity index (χ1) is 13.2. The van der Waals surface area contributed by atoms with E-state index in [0.717, 1.165) is 24.8 Å². The summed E-state index contributed by atoms with van der Waals surface area (Å²) in [6, 6.07) is 6.55. The molecule has 152 valence electrons. The number of rotatable bonds is 16. The van der Waals surface area contributed by atoms with Crippen molar-refractivity contribution in [2.75, 3.05) is 0 Å². The maximum atomic E-state index is 13.1. The fraction of sp³-hybridized carbons (Fsp3) is 0.720. The fourth-order valence-electron chi connectivity index (χ4n) is 4.17. The van der Waals surface area contributed by atoms with E-state index in [4.69, 9.17) is 0 Å². The summed E-state index contributed by atoms with van der Waals surface area (Å²) in [4.78, 5) is 12.6. The topological polar surface area (TPSA) is 17.1 Å². The molecule has 0 aliphatic heterocycles. The van der Waals surface area contributed by atoms with Crippen LogP contribution < -0.4 is 0 Å². The monoisotopic (exact) mass is 374 g/mol. The van der Waals surface area contributed by atoms with Crippen LogP contribution in [-0.2, 0) is 10.2 Å². The molecule has 1 aromatic carbocycles. The molecule has 0 aromatic heterocycles. The highest BCUT2D eigenvalue weighted by atomic mass is 19.1. The first-order valence-corrected chi connectivity index (χ1v) is 11.5. The molecule has 1 aliphatic rings. The van der Waals surface area contributed by atoms with Crippen LogP contribution in [0.5, 0.6) is 0 Å². The van der Waals surface area contributed by atoms with Gasteiger partial charge in [-0.1, -0.05) is 96.1 Å². The predicted molar refractivity (Wildman–Crippen MR) is 113 cm³/mol. The smallest absolute Gasteiger partial charge is 0.143 e. The number of Topliss-reactive ketones (excluding diaryl/α,β-unsaturated/α-hetero) is 1. The van der Waals surface area contributed by atoms with Gasteiger partial charge in [0, 0.05) is 6.42 Å². The van der Waals surface area contributed by atoms with Gasteiger partial charge in [0.25, 0.3) is 0 Å². The Morgan fingerprint density at radius 1 is 0.778 bits per heavy atom. The number of hydrogen-bond acceptors (Lipinski definition) is 1. The van der Waals surface area contributed by atoms with Gasteiger partial charge in [-0.3, -0.25) is 4.79 Å². The minimum atomic E-state index is -0.273. The van der Waals surface area contributed by atoms with E-state index >= 15 is 0 Å². The summed E-state index contributed by atoms with van der Waals surface area (Å²) in [5.41, 5.74) is 0.744. The Bertz CT molecular complexity index is 530. The molecule has 1 aromatic rings. The lowest BCUT2D eigenvalue weighted by molar-refractivity contribution is -0.121. The second kappa shape index (κ2) is 12.3. The second-order valence-corrected chi connectivity index (χ2v) is 8.50. The normalized spacial score (nSPS) is 15.0. The molecule has 0 heterocycles. The highest BCUT2D eigenvalue weighted by Gasteiger charge is 2.49. The van der Waals surface area contributed by atoms with E-state index in [0.29, 0.717) is 12.2 Å². The molecule has 0 unspecified atom stereocenters. The Labute approximate surface area is 166 Å². The molecule has 1 nitrogen and oxygen atoms in total. The quantitative estimate of drug-likeness (QED) is 0.269. The van der Waals surface area contributed by atoms with Gasteiger partial charge >= 0.3 is 0 Å². The van der Waals surface area contributed by atoms with Crippen LogP contribution in [0, 0.1) is 5.82 Å². The van der Waals surface area contributed by atoms with Crippen LogP contribution in [0.3, 0.4) is 0 Å². The maximum Gasteiger partial charge on any atom is 0.143 e. The van der Waals surface area contributed by atoms with Crippen molar-refractivity contribution < 1.29 is 9.18 Å². The SMILES string of the molecule is CCCCCCCCCCCCCCCC(=O)C1(c2ccc(F)cc2)CC1. The van der Waals surface area contributed by atoms with Crippen LogP contribution in [0.4, 0.5) is 4.39 Å². The first kappa shape index (κ1) is 22.1. The molecule has 0 N–H and O–H groups in total. The summed E-state index contributed by atoms with van der Waals surface area (Å²) >= 11 is 0. The van der Waals surface area contributed by atoms with E-state index in [-0.39, 0.29) is 11.2 Å². The number of hydrogen-bond donors (Lipinski definition) is 0. The van der Waals surface area contributed by atoms with Crippen LogP contribution in [0.1, 0.15) is 115 Å². The van der Waals surface area contributed by atoms with Crippen LogP contribution in [0.25, 0.3) is 0 Å². The summed E-state index contributed by atoms with van der Waals surface area (Å²) in [7, 11) is 0. The third kappa shape index (κ3) is 7.76. The molecule has 27 heavy (non-hydrogen) atoms. The van der Waals surface area contributed by atoms with E-state index in [2.05, 4.69) is 6.92 Å². The van der Waals surface area contributed by atoms with E-state index in [1.54, 1.807) is 12.1 Å². The molecule has 0 spiro atoms. The van der Waals surface area contributed by atoms with Gasteiger partial charge in [-0.05, 0) is 37.0 Å². The molecular weight excluding hydrogens is 335 g/mol. The van der Waals surface area contributed by atoms with E-state index in [1.807, 2.05) is 0 Å². The Morgan fingerprint density at radius 3 is 1.67 bits per heavy atom. The molecule has 1 fully saturated rings. The molecule has 2 heteroatoms. The number of ketones is 1. The van der Waals surface area contributed by atoms with Gasteiger partial charge in [-0.25, -0.2) is 4.39 Å². The maximum absolute atomic E-state index is 13.1. The van der Waals surface area contributed by atoms with Crippen LogP contribution in [0.15, 0.2) is 24.3 Å². The second-order valence-electron chi connectivity index (χ2n) is 8.50. The summed E-state index contributed by atoms with van der Waals surface area (Å²) in [5.74, 6) is 0.149. The molecule has 2 rings (SSSR count). The van der Waals surface area contributed by atoms with Crippen molar-refractivity contribution in [3.63, 3.8) is 0 Å². The number of unbranched alkanes of at least 4 members (excludes halogenated alkanes) is 12. The zero-order chi connectivity index (χ0) is 19.4. The Morgan fingerprint density at radius 2 is 1.22 bits per heavy atom. The van der Waals surface area contributed by atoms with Gasteiger partial charge in [-0.15, -0.1) is 0 Å². The zero-order valence-electron chi connectivity index (χ0n) is 17.4. The van der Waals surface area contributed by atoms with Crippen molar-refractivity contribution in [2.24, 2.45) is 0 Å². The predicted octanol–water partition coefficient (Wildman–Crippen LogP) is 7.91. The van der Waals surface area contributed by atoms with Crippen molar-refractivity contribution >= 4 is 5.78 Å². The Balaban J connectivity index is 1.45. The minimum Gasteiger partial charge on any atom is -0.299 e. The van der Waals surface area contributed by atoms with Gasteiger partial charge in [0.2, 0.25) is 0 Å². The van der Waals surface area contributed by atoms with Crippen molar-refractivity contribution in [3.05, 3.63) is 35.6 Å². The van der Waals surface area contributed by atoms with Crippen molar-refractivity contribution in [1.82, 2.24) is 0 Å². The standard InChI is InChI=1S/C25H39FO/c1-2-3-4-5-6-7-8-9-10-11-12-13-14-15-24(27)25(20-21-25)22-16-18-23(26)19-17-22/h16-19H,2-15,20-21H2,1H3. The Kier molecular flexibility index (Phi) is 10.1. The lowest BCUT2D eigenvalue weighted by atomic mass is 9.88. The average Bonchev–Trinajstić information content (AvgIpc) is 3.48. The van der Waals surface area contributed by atoms with Gasteiger partial charge in [-0.2, -0.15) is 0 Å². The van der Waals surface area contributed by atoms with Crippen molar-refractivity contribution in [2.45, 2.75) is 115 Å². The lowest BCUT2D eigenvalue weighted by Gasteiger charge is -2.14. The van der Waals surface area contributed by atoms with Gasteiger partial charge in [0.1, 0.15) is 11.6 Å². The lowest BCUT2D eigenvalue weighted by Crippen LogP contribution is -2.20. The van der Waals surface area contributed by atoms with Crippen molar-refractivity contribution in [3.8, 4) is 0 Å². The minimum absolute atomic E-state index is 0.224. The highest BCUT2D eigenvalue weighted by molar-refractivity contribution is 5.93.